The fourth-order valence-corrected chi connectivity index (χ4v) is 3.25. The molecule has 0 atom stereocenters. The van der Waals surface area contributed by atoms with Crippen molar-refractivity contribution in [2.45, 2.75) is 68.9 Å². The summed E-state index contributed by atoms with van der Waals surface area (Å²) in [5.74, 6) is 1.44. The van der Waals surface area contributed by atoms with Crippen molar-refractivity contribution in [3.63, 3.8) is 0 Å². The smallest absolute Gasteiger partial charge is 0.321 e. The van der Waals surface area contributed by atoms with Crippen LogP contribution in [0.15, 0.2) is 4.52 Å². The molecule has 3 saturated carbocycles. The van der Waals surface area contributed by atoms with Crippen LogP contribution in [-0.4, -0.2) is 34.7 Å². The molecule has 3 amide bonds. The van der Waals surface area contributed by atoms with Crippen molar-refractivity contribution < 1.29 is 14.1 Å². The molecule has 1 heterocycles. The van der Waals surface area contributed by atoms with Gasteiger partial charge in [-0.15, -0.1) is 0 Å². The highest BCUT2D eigenvalue weighted by atomic mass is 16.5. The minimum atomic E-state index is -0.416. The van der Waals surface area contributed by atoms with Crippen molar-refractivity contribution >= 4 is 11.9 Å². The van der Waals surface area contributed by atoms with Crippen LogP contribution in [0.1, 0.15) is 69.0 Å². The molecule has 4 rings (SSSR count). The summed E-state index contributed by atoms with van der Waals surface area (Å²) in [6, 6.07) is -0.188. The van der Waals surface area contributed by atoms with Gasteiger partial charge >= 0.3 is 6.03 Å². The predicted molar refractivity (Wildman–Crippen MR) is 84.1 cm³/mol. The first-order valence-corrected chi connectivity index (χ1v) is 8.84. The maximum atomic E-state index is 12.0. The van der Waals surface area contributed by atoms with Gasteiger partial charge in [-0.05, 0) is 38.5 Å². The SMILES string of the molecule is O=C(CNC1(c2noc(C3CC3)n2)CCCC1)NC(=O)NC1CC1. The van der Waals surface area contributed by atoms with Gasteiger partial charge in [0.05, 0.1) is 12.1 Å². The van der Waals surface area contributed by atoms with Crippen molar-refractivity contribution in [1.82, 2.24) is 26.1 Å². The van der Waals surface area contributed by atoms with E-state index in [1.807, 2.05) is 0 Å². The molecule has 3 aliphatic rings. The van der Waals surface area contributed by atoms with E-state index in [9.17, 15) is 9.59 Å². The third-order valence-corrected chi connectivity index (χ3v) is 5.01. The van der Waals surface area contributed by atoms with E-state index in [1.165, 1.54) is 0 Å². The standard InChI is InChI=1S/C16H23N5O3/c22-12(19-15(23)18-11-5-6-11)9-17-16(7-1-2-8-16)14-20-13(24-21-14)10-3-4-10/h10-11,17H,1-9H2,(H2,18,19,22,23). The molecule has 8 heteroatoms. The summed E-state index contributed by atoms with van der Waals surface area (Å²) in [6.45, 7) is 0.0609. The average molecular weight is 333 g/mol. The molecular weight excluding hydrogens is 310 g/mol. The van der Waals surface area contributed by atoms with Gasteiger partial charge in [0, 0.05) is 12.0 Å². The number of nitrogens with one attached hydrogen (secondary N) is 3. The van der Waals surface area contributed by atoms with Crippen LogP contribution in [0.2, 0.25) is 0 Å². The summed E-state index contributed by atoms with van der Waals surface area (Å²) >= 11 is 0. The normalized spacial score (nSPS) is 22.3. The van der Waals surface area contributed by atoms with Crippen LogP contribution in [0.5, 0.6) is 0 Å². The molecule has 0 unspecified atom stereocenters. The zero-order chi connectivity index (χ0) is 16.6. The van der Waals surface area contributed by atoms with E-state index in [0.717, 1.165) is 51.4 Å². The van der Waals surface area contributed by atoms with Gasteiger partial charge in [-0.3, -0.25) is 15.4 Å². The second-order valence-corrected chi connectivity index (χ2v) is 7.17. The van der Waals surface area contributed by atoms with Crippen LogP contribution >= 0.6 is 0 Å². The molecule has 130 valence electrons. The first-order chi connectivity index (χ1) is 11.6. The molecular formula is C16H23N5O3. The Balaban J connectivity index is 1.35. The van der Waals surface area contributed by atoms with Crippen molar-refractivity contribution in [1.29, 1.82) is 0 Å². The number of carbonyl (C=O) groups is 2. The third-order valence-electron chi connectivity index (χ3n) is 5.01. The van der Waals surface area contributed by atoms with Gasteiger partial charge in [-0.2, -0.15) is 4.98 Å². The van der Waals surface area contributed by atoms with Gasteiger partial charge in [0.25, 0.3) is 0 Å². The van der Waals surface area contributed by atoms with Crippen LogP contribution in [0.25, 0.3) is 0 Å². The molecule has 3 fully saturated rings. The number of hydrogen-bond donors (Lipinski definition) is 3. The zero-order valence-corrected chi connectivity index (χ0v) is 13.6. The number of nitrogens with zero attached hydrogens (tertiary/aromatic N) is 2. The molecule has 0 aromatic carbocycles. The molecule has 0 bridgehead atoms. The maximum absolute atomic E-state index is 12.0. The summed E-state index contributed by atoms with van der Waals surface area (Å²) < 4.78 is 5.38. The number of hydrogen-bond acceptors (Lipinski definition) is 6. The number of carbonyl (C=O) groups excluding carboxylic acids is 2. The Labute approximate surface area is 140 Å². The van der Waals surface area contributed by atoms with E-state index in [0.29, 0.717) is 17.6 Å². The summed E-state index contributed by atoms with van der Waals surface area (Å²) in [6.07, 6.45) is 8.07. The van der Waals surface area contributed by atoms with Gasteiger partial charge in [-0.25, -0.2) is 4.79 Å². The minimum absolute atomic E-state index is 0.0609. The van der Waals surface area contributed by atoms with Gasteiger partial charge < -0.3 is 9.84 Å². The van der Waals surface area contributed by atoms with E-state index in [2.05, 4.69) is 26.1 Å². The van der Waals surface area contributed by atoms with Gasteiger partial charge in [-0.1, -0.05) is 18.0 Å². The lowest BCUT2D eigenvalue weighted by atomic mass is 9.96. The van der Waals surface area contributed by atoms with Crippen molar-refractivity contribution in [2.24, 2.45) is 0 Å². The van der Waals surface area contributed by atoms with Crippen LogP contribution in [0.4, 0.5) is 4.79 Å². The molecule has 3 N–H and O–H groups in total. The lowest BCUT2D eigenvalue weighted by Crippen LogP contribution is -2.49. The fourth-order valence-electron chi connectivity index (χ4n) is 3.25. The first kappa shape index (κ1) is 15.6. The van der Waals surface area contributed by atoms with Crippen molar-refractivity contribution in [3.05, 3.63) is 11.7 Å². The van der Waals surface area contributed by atoms with Crippen molar-refractivity contribution in [2.75, 3.05) is 6.54 Å². The Hall–Kier alpha value is -1.96. The number of aromatic nitrogens is 2. The molecule has 0 radical (unpaired) electrons. The zero-order valence-electron chi connectivity index (χ0n) is 13.6. The van der Waals surface area contributed by atoms with Crippen LogP contribution in [-0.2, 0) is 10.3 Å². The maximum Gasteiger partial charge on any atom is 0.321 e. The number of imide groups is 1. The van der Waals surface area contributed by atoms with E-state index < -0.39 is 11.6 Å². The lowest BCUT2D eigenvalue weighted by molar-refractivity contribution is -0.119. The summed E-state index contributed by atoms with van der Waals surface area (Å²) in [4.78, 5) is 28.2. The molecule has 8 nitrogen and oxygen atoms in total. The summed E-state index contributed by atoms with van der Waals surface area (Å²) in [5.41, 5.74) is -0.416. The number of urea groups is 1. The second-order valence-electron chi connectivity index (χ2n) is 7.17. The Morgan fingerprint density at radius 1 is 1.17 bits per heavy atom. The van der Waals surface area contributed by atoms with Crippen LogP contribution in [0, 0.1) is 0 Å². The monoisotopic (exact) mass is 333 g/mol. The van der Waals surface area contributed by atoms with Crippen LogP contribution < -0.4 is 16.0 Å². The third kappa shape index (κ3) is 3.43. The molecule has 0 saturated heterocycles. The number of rotatable bonds is 6. The first-order valence-electron chi connectivity index (χ1n) is 8.84. The highest BCUT2D eigenvalue weighted by Gasteiger charge is 2.41. The minimum Gasteiger partial charge on any atom is -0.339 e. The lowest BCUT2D eigenvalue weighted by Gasteiger charge is -2.26. The van der Waals surface area contributed by atoms with Crippen LogP contribution in [0.3, 0.4) is 0 Å². The quantitative estimate of drug-likeness (QED) is 0.724. The van der Waals surface area contributed by atoms with E-state index in [1.54, 1.807) is 0 Å². The van der Waals surface area contributed by atoms with E-state index in [-0.39, 0.29) is 18.5 Å². The predicted octanol–water partition coefficient (Wildman–Crippen LogP) is 1.29. The van der Waals surface area contributed by atoms with Crippen molar-refractivity contribution in [3.8, 4) is 0 Å². The van der Waals surface area contributed by atoms with E-state index >= 15 is 0 Å². The number of amides is 3. The second kappa shape index (κ2) is 6.16. The highest BCUT2D eigenvalue weighted by molar-refractivity contribution is 5.95. The largest absolute Gasteiger partial charge is 0.339 e. The summed E-state index contributed by atoms with van der Waals surface area (Å²) in [7, 11) is 0. The van der Waals surface area contributed by atoms with Gasteiger partial charge in [0.2, 0.25) is 11.8 Å². The Morgan fingerprint density at radius 2 is 1.92 bits per heavy atom. The molecule has 0 aliphatic heterocycles. The highest BCUT2D eigenvalue weighted by Crippen LogP contribution is 2.42. The Morgan fingerprint density at radius 3 is 2.58 bits per heavy atom. The Bertz CT molecular complexity index is 629. The van der Waals surface area contributed by atoms with Gasteiger partial charge in [0.1, 0.15) is 0 Å². The van der Waals surface area contributed by atoms with E-state index in [4.69, 9.17) is 4.52 Å². The molecule has 24 heavy (non-hydrogen) atoms. The molecule has 3 aliphatic carbocycles. The van der Waals surface area contributed by atoms with Gasteiger partial charge in [0.15, 0.2) is 5.82 Å². The fraction of sp³-hybridized carbons (Fsp3) is 0.750. The molecule has 1 aromatic rings. The summed E-state index contributed by atoms with van der Waals surface area (Å²) in [5, 5.41) is 12.5. The Kier molecular flexibility index (Phi) is 3.99. The topological polar surface area (TPSA) is 109 Å². The molecule has 0 spiro atoms. The average Bonchev–Trinajstić information content (AvgIpc) is 3.47. The molecule has 1 aromatic heterocycles.